The second-order valence-electron chi connectivity index (χ2n) is 4.43. The van der Waals surface area contributed by atoms with E-state index in [0.29, 0.717) is 0 Å². The van der Waals surface area contributed by atoms with Crippen LogP contribution in [0.4, 0.5) is 11.4 Å². The van der Waals surface area contributed by atoms with Crippen LogP contribution in [0.2, 0.25) is 0 Å². The molecule has 0 unspecified atom stereocenters. The van der Waals surface area contributed by atoms with Crippen LogP contribution >= 0.6 is 23.5 Å². The minimum atomic E-state index is 0.865. The van der Waals surface area contributed by atoms with Crippen LogP contribution in [-0.4, -0.2) is 11.5 Å². The molecule has 102 valence electrons. The summed E-state index contributed by atoms with van der Waals surface area (Å²) in [5.74, 6) is 2.21. The molecule has 0 heterocycles. The van der Waals surface area contributed by atoms with Gasteiger partial charge in [0.1, 0.15) is 0 Å². The van der Waals surface area contributed by atoms with Crippen molar-refractivity contribution in [3.8, 4) is 0 Å². The number of hydrogen-bond acceptors (Lipinski definition) is 4. The van der Waals surface area contributed by atoms with E-state index in [9.17, 15) is 0 Å². The predicted molar refractivity (Wildman–Crippen MR) is 86.8 cm³/mol. The Morgan fingerprint density at radius 3 is 1.50 bits per heavy atom. The molecule has 1 aromatic rings. The maximum Gasteiger partial charge on any atom is 0.0506 e. The minimum absolute atomic E-state index is 0.865. The van der Waals surface area contributed by atoms with Crippen LogP contribution in [0.1, 0.15) is 37.8 Å². The number of benzene rings is 1. The summed E-state index contributed by atoms with van der Waals surface area (Å²) in [5, 5.41) is 0. The lowest BCUT2D eigenvalue weighted by atomic mass is 10.1. The highest BCUT2D eigenvalue weighted by molar-refractivity contribution is 8.00. The molecule has 0 saturated heterocycles. The SMILES string of the molecule is CCCSc1c(C)c(SCCC)c(N)c(C)c1N. The third-order valence-electron chi connectivity index (χ3n) is 2.88. The summed E-state index contributed by atoms with van der Waals surface area (Å²) in [6, 6.07) is 0. The Bertz CT molecular complexity index is 382. The number of nitrogen functional groups attached to an aromatic ring is 2. The first-order valence-electron chi connectivity index (χ1n) is 6.48. The van der Waals surface area contributed by atoms with E-state index in [4.69, 9.17) is 11.5 Å². The molecule has 0 radical (unpaired) electrons. The summed E-state index contributed by atoms with van der Waals surface area (Å²) < 4.78 is 0. The number of anilines is 2. The zero-order valence-electron chi connectivity index (χ0n) is 11.8. The Morgan fingerprint density at radius 1 is 0.778 bits per heavy atom. The van der Waals surface area contributed by atoms with Crippen molar-refractivity contribution in [1.29, 1.82) is 0 Å². The molecular formula is C14H24N2S2. The summed E-state index contributed by atoms with van der Waals surface area (Å²) in [7, 11) is 0. The van der Waals surface area contributed by atoms with Crippen molar-refractivity contribution < 1.29 is 0 Å². The fourth-order valence-corrected chi connectivity index (χ4v) is 3.91. The second-order valence-corrected chi connectivity index (χ2v) is 6.64. The van der Waals surface area contributed by atoms with Gasteiger partial charge in [0.05, 0.1) is 11.4 Å². The van der Waals surface area contributed by atoms with E-state index in [1.807, 2.05) is 30.4 Å². The Hall–Kier alpha value is -0.480. The topological polar surface area (TPSA) is 52.0 Å². The van der Waals surface area contributed by atoms with Crippen LogP contribution in [-0.2, 0) is 0 Å². The molecule has 1 aromatic carbocycles. The average molecular weight is 284 g/mol. The summed E-state index contributed by atoms with van der Waals surface area (Å²) in [5.41, 5.74) is 16.5. The quantitative estimate of drug-likeness (QED) is 0.597. The van der Waals surface area contributed by atoms with Gasteiger partial charge in [-0.05, 0) is 49.3 Å². The predicted octanol–water partition coefficient (Wildman–Crippen LogP) is 4.47. The van der Waals surface area contributed by atoms with Crippen LogP contribution < -0.4 is 11.5 Å². The third kappa shape index (κ3) is 3.29. The molecule has 0 aliphatic carbocycles. The molecule has 0 saturated carbocycles. The molecule has 0 spiro atoms. The van der Waals surface area contributed by atoms with Crippen molar-refractivity contribution in [3.05, 3.63) is 11.1 Å². The maximum absolute atomic E-state index is 6.21. The average Bonchev–Trinajstić information content (AvgIpc) is 2.36. The fraction of sp³-hybridized carbons (Fsp3) is 0.571. The standard InChI is InChI=1S/C14H24N2S2/c1-5-7-17-13-10(4)14(18-8-6-2)12(16)9(3)11(13)15/h5-8,15-16H2,1-4H3. The Balaban J connectivity index is 3.21. The van der Waals surface area contributed by atoms with E-state index in [-0.39, 0.29) is 0 Å². The van der Waals surface area contributed by atoms with E-state index in [1.165, 1.54) is 15.4 Å². The Labute approximate surface area is 119 Å². The molecule has 4 N–H and O–H groups in total. The van der Waals surface area contributed by atoms with Gasteiger partial charge in [0.15, 0.2) is 0 Å². The van der Waals surface area contributed by atoms with Crippen molar-refractivity contribution in [2.24, 2.45) is 0 Å². The van der Waals surface area contributed by atoms with Crippen molar-refractivity contribution in [3.63, 3.8) is 0 Å². The molecule has 0 atom stereocenters. The van der Waals surface area contributed by atoms with Crippen molar-refractivity contribution in [2.75, 3.05) is 23.0 Å². The summed E-state index contributed by atoms with van der Waals surface area (Å²) in [4.78, 5) is 2.45. The lowest BCUT2D eigenvalue weighted by molar-refractivity contribution is 1.09. The minimum Gasteiger partial charge on any atom is -0.398 e. The fourth-order valence-electron chi connectivity index (χ4n) is 1.77. The van der Waals surface area contributed by atoms with Crippen LogP contribution in [0.15, 0.2) is 9.79 Å². The molecule has 1 rings (SSSR count). The van der Waals surface area contributed by atoms with Crippen molar-refractivity contribution >= 4 is 34.9 Å². The van der Waals surface area contributed by atoms with Gasteiger partial charge >= 0.3 is 0 Å². The van der Waals surface area contributed by atoms with Crippen LogP contribution in [0.3, 0.4) is 0 Å². The Morgan fingerprint density at radius 2 is 1.17 bits per heavy atom. The molecular weight excluding hydrogens is 260 g/mol. The highest BCUT2D eigenvalue weighted by Gasteiger charge is 2.16. The molecule has 2 nitrogen and oxygen atoms in total. The second kappa shape index (κ2) is 7.19. The maximum atomic E-state index is 6.21. The summed E-state index contributed by atoms with van der Waals surface area (Å²) in [6.45, 7) is 8.54. The zero-order chi connectivity index (χ0) is 13.7. The molecule has 0 aromatic heterocycles. The smallest absolute Gasteiger partial charge is 0.0506 e. The molecule has 0 amide bonds. The summed E-state index contributed by atoms with van der Waals surface area (Å²) in [6.07, 6.45) is 2.31. The van der Waals surface area contributed by atoms with Gasteiger partial charge < -0.3 is 11.5 Å². The lowest BCUT2D eigenvalue weighted by Crippen LogP contribution is -2.04. The van der Waals surface area contributed by atoms with Crippen molar-refractivity contribution in [1.82, 2.24) is 0 Å². The van der Waals surface area contributed by atoms with Gasteiger partial charge in [-0.25, -0.2) is 0 Å². The van der Waals surface area contributed by atoms with E-state index in [2.05, 4.69) is 20.8 Å². The van der Waals surface area contributed by atoms with Gasteiger partial charge in [-0.1, -0.05) is 13.8 Å². The molecule has 0 aliphatic rings. The van der Waals surface area contributed by atoms with Gasteiger partial charge in [0.25, 0.3) is 0 Å². The third-order valence-corrected chi connectivity index (χ3v) is 5.73. The van der Waals surface area contributed by atoms with Gasteiger partial charge in [-0.2, -0.15) is 0 Å². The normalized spacial score (nSPS) is 10.9. The van der Waals surface area contributed by atoms with Gasteiger partial charge in [0.2, 0.25) is 0 Å². The monoisotopic (exact) mass is 284 g/mol. The number of hydrogen-bond donors (Lipinski definition) is 2. The van der Waals surface area contributed by atoms with Crippen LogP contribution in [0.5, 0.6) is 0 Å². The zero-order valence-corrected chi connectivity index (χ0v) is 13.4. The first-order chi connectivity index (χ1) is 8.54. The van der Waals surface area contributed by atoms with E-state index < -0.39 is 0 Å². The first-order valence-corrected chi connectivity index (χ1v) is 8.45. The first kappa shape index (κ1) is 15.6. The van der Waals surface area contributed by atoms with E-state index in [1.54, 1.807) is 0 Å². The van der Waals surface area contributed by atoms with Crippen LogP contribution in [0.25, 0.3) is 0 Å². The van der Waals surface area contributed by atoms with Gasteiger partial charge in [-0.3, -0.25) is 0 Å². The van der Waals surface area contributed by atoms with Gasteiger partial charge in [0, 0.05) is 9.79 Å². The lowest BCUT2D eigenvalue weighted by Gasteiger charge is -2.18. The number of thioether (sulfide) groups is 2. The molecule has 0 aliphatic heterocycles. The van der Waals surface area contributed by atoms with E-state index in [0.717, 1.165) is 41.3 Å². The highest BCUT2D eigenvalue weighted by Crippen LogP contribution is 2.42. The summed E-state index contributed by atoms with van der Waals surface area (Å²) >= 11 is 3.70. The number of rotatable bonds is 6. The molecule has 4 heteroatoms. The van der Waals surface area contributed by atoms with Crippen LogP contribution in [0, 0.1) is 13.8 Å². The molecule has 0 fully saturated rings. The van der Waals surface area contributed by atoms with E-state index >= 15 is 0 Å². The van der Waals surface area contributed by atoms with Crippen molar-refractivity contribution in [2.45, 2.75) is 50.3 Å². The van der Waals surface area contributed by atoms with Gasteiger partial charge in [-0.15, -0.1) is 23.5 Å². The number of nitrogens with two attached hydrogens (primary N) is 2. The largest absolute Gasteiger partial charge is 0.398 e. The molecule has 0 bridgehead atoms. The molecule has 18 heavy (non-hydrogen) atoms. The Kier molecular flexibility index (Phi) is 6.22. The highest BCUT2D eigenvalue weighted by atomic mass is 32.2.